The third kappa shape index (κ3) is 49.9. The molecule has 0 fully saturated rings. The monoisotopic (exact) mass is 212 g/mol. The molecule has 0 radical (unpaired) electrons. The maximum atomic E-state index is 9.60. The van der Waals surface area contributed by atoms with Gasteiger partial charge in [0.15, 0.2) is 0 Å². The summed E-state index contributed by atoms with van der Waals surface area (Å²) >= 11 is 0. The third-order valence-electron chi connectivity index (χ3n) is 0.322. The lowest BCUT2D eigenvalue weighted by molar-refractivity contribution is 0.466. The zero-order chi connectivity index (χ0) is 10.4. The molecule has 0 bridgehead atoms. The lowest BCUT2D eigenvalue weighted by Crippen LogP contribution is -1.99. The Bertz CT molecular complexity index is 207. The van der Waals surface area contributed by atoms with Gasteiger partial charge in [0.2, 0.25) is 0 Å². The minimum Gasteiger partial charge on any atom is -0.748 e. The summed E-state index contributed by atoms with van der Waals surface area (Å²) in [5.74, 6) is -0.479. The van der Waals surface area contributed by atoms with E-state index in [0.717, 1.165) is 6.08 Å². The summed E-state index contributed by atoms with van der Waals surface area (Å²) in [4.78, 5) is 0. The average Bonchev–Trinajstić information content (AvgIpc) is 1.54. The number of hydrogen-bond acceptors (Lipinski definition) is 3. The van der Waals surface area contributed by atoms with E-state index in [1.807, 2.05) is 0 Å². The third-order valence-corrected chi connectivity index (χ3v) is 0.966. The fourth-order valence-electron chi connectivity index (χ4n) is 0.144. The Kier molecular flexibility index (Phi) is 6.91. The van der Waals surface area contributed by atoms with Gasteiger partial charge in [0.1, 0.15) is 0 Å². The molecule has 0 rings (SSSR count). The summed E-state index contributed by atoms with van der Waals surface area (Å²) < 4.78 is 28.8. The molecule has 12 heavy (non-hydrogen) atoms. The largest absolute Gasteiger partial charge is 0.748 e. The predicted molar refractivity (Wildman–Crippen MR) is 55.4 cm³/mol. The van der Waals surface area contributed by atoms with Crippen molar-refractivity contribution in [2.45, 2.75) is 0 Å². The van der Waals surface area contributed by atoms with Crippen LogP contribution in [0.1, 0.15) is 0 Å². The molecule has 0 atom stereocenters. The van der Waals surface area contributed by atoms with Gasteiger partial charge < -0.3 is 4.55 Å². The normalized spacial score (nSPS) is 11.4. The molecule has 74 valence electrons. The second kappa shape index (κ2) is 5.68. The van der Waals surface area contributed by atoms with E-state index in [1.165, 1.54) is 0 Å². The Labute approximate surface area is 76.0 Å². The summed E-state index contributed by atoms with van der Waals surface area (Å²) in [7, 11) is -4.43. The Hall–Kier alpha value is 0.0800. The van der Waals surface area contributed by atoms with E-state index in [-0.39, 0.29) is 7.26 Å². The van der Waals surface area contributed by atoms with Crippen molar-refractivity contribution in [3.8, 4) is 0 Å². The van der Waals surface area contributed by atoms with Crippen LogP contribution in [-0.4, -0.2) is 45.4 Å². The topological polar surface area (TPSA) is 57.2 Å². The Morgan fingerprint density at radius 3 is 1.58 bits per heavy atom. The van der Waals surface area contributed by atoms with E-state index in [0.29, 0.717) is 0 Å². The first-order valence-electron chi connectivity index (χ1n) is 3.39. The van der Waals surface area contributed by atoms with Crippen LogP contribution in [0.5, 0.6) is 0 Å². The van der Waals surface area contributed by atoms with Crippen molar-refractivity contribution in [2.24, 2.45) is 0 Å². The Balaban J connectivity index is 0. The summed E-state index contributed by atoms with van der Waals surface area (Å²) in [5.41, 5.74) is 0. The molecular formula is C7H17O3PS. The molecule has 0 N–H and O–H groups in total. The molecule has 0 saturated heterocycles. The molecule has 0 aliphatic rings. The van der Waals surface area contributed by atoms with Crippen molar-refractivity contribution in [2.75, 3.05) is 32.4 Å². The molecule has 0 aromatic heterocycles. The van der Waals surface area contributed by atoms with Gasteiger partial charge >= 0.3 is 0 Å². The van der Waals surface area contributed by atoms with E-state index in [2.05, 4.69) is 33.2 Å². The highest BCUT2D eigenvalue weighted by atomic mass is 32.2. The van der Waals surface area contributed by atoms with Crippen LogP contribution in [0.15, 0.2) is 12.7 Å². The zero-order valence-corrected chi connectivity index (χ0v) is 9.78. The molecule has 0 aromatic rings. The average molecular weight is 212 g/mol. The first-order valence-corrected chi connectivity index (χ1v) is 8.55. The summed E-state index contributed by atoms with van der Waals surface area (Å²) in [6.07, 6.45) is 1.06. The van der Waals surface area contributed by atoms with Gasteiger partial charge in [-0.15, -0.1) is 6.58 Å². The van der Waals surface area contributed by atoms with Crippen molar-refractivity contribution in [1.29, 1.82) is 0 Å². The maximum absolute atomic E-state index is 9.60. The Morgan fingerprint density at radius 2 is 1.58 bits per heavy atom. The molecule has 0 aromatic carbocycles. The van der Waals surface area contributed by atoms with Gasteiger partial charge in [0.25, 0.3) is 0 Å². The van der Waals surface area contributed by atoms with E-state index < -0.39 is 15.9 Å². The van der Waals surface area contributed by atoms with Gasteiger partial charge in [0.05, 0.1) is 15.9 Å². The molecule has 0 saturated carbocycles. The van der Waals surface area contributed by atoms with Gasteiger partial charge in [-0.3, -0.25) is 0 Å². The highest BCUT2D eigenvalue weighted by Crippen LogP contribution is 2.40. The van der Waals surface area contributed by atoms with E-state index >= 15 is 0 Å². The van der Waals surface area contributed by atoms with Gasteiger partial charge in [-0.05, 0) is 0 Å². The van der Waals surface area contributed by atoms with Gasteiger partial charge in [-0.25, -0.2) is 8.42 Å². The summed E-state index contributed by atoms with van der Waals surface area (Å²) in [6.45, 7) is 12.3. The molecule has 0 spiro atoms. The van der Waals surface area contributed by atoms with Crippen molar-refractivity contribution in [3.63, 3.8) is 0 Å². The molecule has 0 aliphatic heterocycles. The standard InChI is InChI=1S/C4H12P.C3H6O3S/c1-5(2,3)4;1-2-3-7(4,5)6/h1-4H3;2H,1,3H2,(H,4,5,6)/q+1;/p-1. The van der Waals surface area contributed by atoms with Gasteiger partial charge in [-0.1, -0.05) is 6.08 Å². The molecule has 0 aliphatic carbocycles. The van der Waals surface area contributed by atoms with Crippen molar-refractivity contribution in [1.82, 2.24) is 0 Å². The maximum Gasteiger partial charge on any atom is 0.0982 e. The second-order valence-electron chi connectivity index (χ2n) is 3.70. The molecule has 3 nitrogen and oxygen atoms in total. The van der Waals surface area contributed by atoms with E-state index in [1.54, 1.807) is 0 Å². The lowest BCUT2D eigenvalue weighted by atomic mass is 10.8. The van der Waals surface area contributed by atoms with Crippen molar-refractivity contribution >= 4 is 17.4 Å². The molecule has 5 heteroatoms. The first-order chi connectivity index (χ1) is 5.06. The van der Waals surface area contributed by atoms with Crippen LogP contribution in [0.2, 0.25) is 0 Å². The van der Waals surface area contributed by atoms with Gasteiger partial charge in [-0.2, -0.15) is 0 Å². The van der Waals surface area contributed by atoms with Crippen molar-refractivity contribution in [3.05, 3.63) is 12.7 Å². The van der Waals surface area contributed by atoms with Crippen LogP contribution in [-0.2, 0) is 10.1 Å². The number of hydrogen-bond donors (Lipinski definition) is 0. The summed E-state index contributed by atoms with van der Waals surface area (Å²) in [6, 6.07) is 0. The lowest BCUT2D eigenvalue weighted by Gasteiger charge is -1.98. The molecule has 0 unspecified atom stereocenters. The molecular weight excluding hydrogens is 195 g/mol. The second-order valence-corrected chi connectivity index (χ2v) is 10.5. The van der Waals surface area contributed by atoms with Gasteiger partial charge in [0, 0.05) is 33.9 Å². The van der Waals surface area contributed by atoms with Crippen LogP contribution in [0, 0.1) is 0 Å². The fourth-order valence-corrected chi connectivity index (χ4v) is 0.433. The fraction of sp³-hybridized carbons (Fsp3) is 0.714. The molecule has 0 heterocycles. The summed E-state index contributed by atoms with van der Waals surface area (Å²) in [5, 5.41) is 0. The van der Waals surface area contributed by atoms with Crippen LogP contribution in [0.4, 0.5) is 0 Å². The quantitative estimate of drug-likeness (QED) is 0.393. The first kappa shape index (κ1) is 14.6. The predicted octanol–water partition coefficient (Wildman–Crippen LogP) is 1.24. The SMILES string of the molecule is C=CCS(=O)(=O)[O-].C[P+](C)(C)C. The minimum absolute atomic E-state index is 0.389. The van der Waals surface area contributed by atoms with Crippen molar-refractivity contribution < 1.29 is 13.0 Å². The number of rotatable bonds is 2. The minimum atomic E-state index is -4.04. The van der Waals surface area contributed by atoms with Crippen LogP contribution < -0.4 is 0 Å². The Morgan fingerprint density at radius 1 is 1.33 bits per heavy atom. The van der Waals surface area contributed by atoms with Crippen LogP contribution in [0.3, 0.4) is 0 Å². The highest BCUT2D eigenvalue weighted by Gasteiger charge is 2.03. The zero-order valence-electron chi connectivity index (χ0n) is 8.07. The van der Waals surface area contributed by atoms with Crippen LogP contribution in [0.25, 0.3) is 0 Å². The van der Waals surface area contributed by atoms with E-state index in [4.69, 9.17) is 0 Å². The van der Waals surface area contributed by atoms with E-state index in [9.17, 15) is 13.0 Å². The smallest absolute Gasteiger partial charge is 0.0982 e. The molecule has 0 amide bonds. The van der Waals surface area contributed by atoms with Crippen LogP contribution >= 0.6 is 7.26 Å². The highest BCUT2D eigenvalue weighted by molar-refractivity contribution is 7.85.